The second kappa shape index (κ2) is 7.52. The normalized spacial score (nSPS) is 14.4. The molecule has 4 aromatic rings. The summed E-state index contributed by atoms with van der Waals surface area (Å²) in [6.45, 7) is 1.97. The predicted octanol–water partition coefficient (Wildman–Crippen LogP) is 4.16. The molecule has 0 radical (unpaired) electrons. The standard InChI is InChI=1S/C21H19N5OS/c1-2-5-16(6-3-1)27-17-7-8-18-19(15-17)23-21(26-10-4-9-22-26)24-20(18)25-11-13-28-14-12-25/h1-10,15H,11-14H2. The summed E-state index contributed by atoms with van der Waals surface area (Å²) in [6, 6.07) is 17.7. The van der Waals surface area contributed by atoms with E-state index in [2.05, 4.69) is 16.1 Å². The first-order chi connectivity index (χ1) is 13.9. The molecule has 0 unspecified atom stereocenters. The zero-order valence-corrected chi connectivity index (χ0v) is 16.0. The van der Waals surface area contributed by atoms with E-state index in [1.807, 2.05) is 66.5 Å². The number of benzene rings is 2. The third kappa shape index (κ3) is 3.41. The van der Waals surface area contributed by atoms with Crippen LogP contribution in [0.25, 0.3) is 16.9 Å². The summed E-state index contributed by atoms with van der Waals surface area (Å²) in [5.74, 6) is 5.31. The lowest BCUT2D eigenvalue weighted by Gasteiger charge is -2.28. The fraction of sp³-hybridized carbons (Fsp3) is 0.190. The molecule has 2 aromatic carbocycles. The van der Waals surface area contributed by atoms with Crippen molar-refractivity contribution in [3.05, 3.63) is 67.0 Å². The van der Waals surface area contributed by atoms with Gasteiger partial charge in [0.25, 0.3) is 5.95 Å². The number of rotatable bonds is 4. The van der Waals surface area contributed by atoms with Gasteiger partial charge in [0, 0.05) is 48.4 Å². The molecule has 0 bridgehead atoms. The predicted molar refractivity (Wildman–Crippen MR) is 113 cm³/mol. The minimum absolute atomic E-state index is 0.572. The number of fused-ring (bicyclic) bond motifs is 1. The Hall–Kier alpha value is -3.06. The number of hydrogen-bond donors (Lipinski definition) is 0. The van der Waals surface area contributed by atoms with Gasteiger partial charge in [-0.05, 0) is 30.3 Å². The fourth-order valence-corrected chi connectivity index (χ4v) is 4.18. The van der Waals surface area contributed by atoms with E-state index in [0.717, 1.165) is 52.8 Å². The van der Waals surface area contributed by atoms with Crippen molar-refractivity contribution in [2.75, 3.05) is 29.5 Å². The van der Waals surface area contributed by atoms with Crippen molar-refractivity contribution in [2.24, 2.45) is 0 Å². The molecular formula is C21H19N5OS. The average Bonchev–Trinajstić information content (AvgIpc) is 3.29. The van der Waals surface area contributed by atoms with Crippen molar-refractivity contribution in [3.63, 3.8) is 0 Å². The largest absolute Gasteiger partial charge is 0.457 e. The molecule has 0 saturated carbocycles. The van der Waals surface area contributed by atoms with Gasteiger partial charge in [-0.1, -0.05) is 18.2 Å². The molecule has 6 nitrogen and oxygen atoms in total. The van der Waals surface area contributed by atoms with Crippen LogP contribution >= 0.6 is 11.8 Å². The van der Waals surface area contributed by atoms with Gasteiger partial charge in [-0.25, -0.2) is 9.67 Å². The van der Waals surface area contributed by atoms with Crippen LogP contribution in [-0.2, 0) is 0 Å². The van der Waals surface area contributed by atoms with Crippen molar-refractivity contribution in [3.8, 4) is 17.4 Å². The van der Waals surface area contributed by atoms with E-state index < -0.39 is 0 Å². The van der Waals surface area contributed by atoms with Gasteiger partial charge in [-0.2, -0.15) is 21.8 Å². The molecule has 28 heavy (non-hydrogen) atoms. The molecule has 0 atom stereocenters. The number of hydrogen-bond acceptors (Lipinski definition) is 6. The zero-order valence-electron chi connectivity index (χ0n) is 15.2. The smallest absolute Gasteiger partial charge is 0.253 e. The first kappa shape index (κ1) is 17.1. The van der Waals surface area contributed by atoms with Crippen LogP contribution in [0.5, 0.6) is 11.5 Å². The van der Waals surface area contributed by atoms with Crippen molar-refractivity contribution in [2.45, 2.75) is 0 Å². The van der Waals surface area contributed by atoms with E-state index in [1.54, 1.807) is 10.9 Å². The van der Waals surface area contributed by atoms with Crippen molar-refractivity contribution >= 4 is 28.5 Å². The molecule has 0 N–H and O–H groups in total. The van der Waals surface area contributed by atoms with Gasteiger partial charge in [0.1, 0.15) is 17.3 Å². The minimum Gasteiger partial charge on any atom is -0.457 e. The molecule has 5 rings (SSSR count). The average molecular weight is 389 g/mol. The topological polar surface area (TPSA) is 56.1 Å². The Morgan fingerprint density at radius 1 is 0.893 bits per heavy atom. The number of anilines is 1. The van der Waals surface area contributed by atoms with Gasteiger partial charge in [0.2, 0.25) is 0 Å². The van der Waals surface area contributed by atoms with Crippen LogP contribution in [0, 0.1) is 0 Å². The fourth-order valence-electron chi connectivity index (χ4n) is 3.27. The summed E-state index contributed by atoms with van der Waals surface area (Å²) in [5.41, 5.74) is 0.849. The summed E-state index contributed by atoms with van der Waals surface area (Å²) in [5, 5.41) is 5.34. The zero-order chi connectivity index (χ0) is 18.8. The van der Waals surface area contributed by atoms with Crippen LogP contribution < -0.4 is 9.64 Å². The van der Waals surface area contributed by atoms with E-state index in [4.69, 9.17) is 14.7 Å². The highest BCUT2D eigenvalue weighted by Crippen LogP contribution is 2.31. The Balaban J connectivity index is 1.60. The molecule has 0 aliphatic carbocycles. The van der Waals surface area contributed by atoms with Gasteiger partial charge in [-0.15, -0.1) is 0 Å². The van der Waals surface area contributed by atoms with Gasteiger partial charge in [0.15, 0.2) is 0 Å². The van der Waals surface area contributed by atoms with E-state index in [0.29, 0.717) is 5.95 Å². The van der Waals surface area contributed by atoms with E-state index >= 15 is 0 Å². The van der Waals surface area contributed by atoms with Crippen molar-refractivity contribution < 1.29 is 4.74 Å². The SMILES string of the molecule is c1ccc(Oc2ccc3c(N4CCSCC4)nc(-n4cccn4)nc3c2)cc1. The van der Waals surface area contributed by atoms with E-state index in [1.165, 1.54) is 0 Å². The summed E-state index contributed by atoms with van der Waals surface area (Å²) in [6.07, 6.45) is 3.60. The maximum Gasteiger partial charge on any atom is 0.253 e. The Labute approximate surface area is 167 Å². The molecule has 0 spiro atoms. The summed E-state index contributed by atoms with van der Waals surface area (Å²) < 4.78 is 7.70. The molecule has 140 valence electrons. The maximum absolute atomic E-state index is 6.00. The molecule has 3 heterocycles. The van der Waals surface area contributed by atoms with Crippen LogP contribution in [0.15, 0.2) is 67.0 Å². The third-order valence-corrected chi connectivity index (χ3v) is 5.58. The molecular weight excluding hydrogens is 370 g/mol. The molecule has 1 aliphatic rings. The maximum atomic E-state index is 6.00. The quantitative estimate of drug-likeness (QED) is 0.522. The Morgan fingerprint density at radius 3 is 2.54 bits per heavy atom. The third-order valence-electron chi connectivity index (χ3n) is 4.64. The number of aromatic nitrogens is 4. The van der Waals surface area contributed by atoms with Gasteiger partial charge in [0.05, 0.1) is 5.52 Å². The summed E-state index contributed by atoms with van der Waals surface area (Å²) in [7, 11) is 0. The first-order valence-corrected chi connectivity index (χ1v) is 10.4. The van der Waals surface area contributed by atoms with Crippen molar-refractivity contribution in [1.29, 1.82) is 0 Å². The minimum atomic E-state index is 0.572. The van der Waals surface area contributed by atoms with Crippen LogP contribution in [0.3, 0.4) is 0 Å². The van der Waals surface area contributed by atoms with Crippen molar-refractivity contribution in [1.82, 2.24) is 19.7 Å². The number of nitrogens with zero attached hydrogens (tertiary/aromatic N) is 5. The number of thioether (sulfide) groups is 1. The Bertz CT molecular complexity index is 1080. The lowest BCUT2D eigenvalue weighted by Crippen LogP contribution is -2.33. The van der Waals surface area contributed by atoms with Crippen LogP contribution in [0.2, 0.25) is 0 Å². The molecule has 0 amide bonds. The van der Waals surface area contributed by atoms with Crippen LogP contribution in [-0.4, -0.2) is 44.3 Å². The highest BCUT2D eigenvalue weighted by Gasteiger charge is 2.18. The van der Waals surface area contributed by atoms with Crippen LogP contribution in [0.4, 0.5) is 5.82 Å². The highest BCUT2D eigenvalue weighted by molar-refractivity contribution is 7.99. The van der Waals surface area contributed by atoms with Crippen LogP contribution in [0.1, 0.15) is 0 Å². The van der Waals surface area contributed by atoms with E-state index in [9.17, 15) is 0 Å². The molecule has 1 aliphatic heterocycles. The Kier molecular flexibility index (Phi) is 4.58. The van der Waals surface area contributed by atoms with Gasteiger partial charge in [-0.3, -0.25) is 0 Å². The summed E-state index contributed by atoms with van der Waals surface area (Å²) in [4.78, 5) is 11.9. The molecule has 1 fully saturated rings. The Morgan fingerprint density at radius 2 is 1.75 bits per heavy atom. The highest BCUT2D eigenvalue weighted by atomic mass is 32.2. The van der Waals surface area contributed by atoms with E-state index in [-0.39, 0.29) is 0 Å². The number of ether oxygens (including phenoxy) is 1. The molecule has 7 heteroatoms. The van der Waals surface area contributed by atoms with Gasteiger partial charge >= 0.3 is 0 Å². The monoisotopic (exact) mass is 389 g/mol. The first-order valence-electron chi connectivity index (χ1n) is 9.24. The lowest BCUT2D eigenvalue weighted by atomic mass is 10.2. The summed E-state index contributed by atoms with van der Waals surface area (Å²) >= 11 is 1.98. The molecule has 1 saturated heterocycles. The lowest BCUT2D eigenvalue weighted by molar-refractivity contribution is 0.483. The second-order valence-electron chi connectivity index (χ2n) is 6.49. The number of para-hydroxylation sites is 1. The molecule has 2 aromatic heterocycles. The van der Waals surface area contributed by atoms with Gasteiger partial charge < -0.3 is 9.64 Å². The second-order valence-corrected chi connectivity index (χ2v) is 7.72.